The highest BCUT2D eigenvalue weighted by Crippen LogP contribution is 2.68. The summed E-state index contributed by atoms with van der Waals surface area (Å²) in [6, 6.07) is 0. The number of carbonyl (C=O) groups excluding carboxylic acids is 1. The molecule has 156 valence electrons. The van der Waals surface area contributed by atoms with Gasteiger partial charge in [-0.1, -0.05) is 25.5 Å². The van der Waals surface area contributed by atoms with Gasteiger partial charge in [0.1, 0.15) is 6.10 Å². The first-order valence-electron chi connectivity index (χ1n) is 11.1. The van der Waals surface area contributed by atoms with E-state index in [1.165, 1.54) is 12.5 Å². The van der Waals surface area contributed by atoms with E-state index < -0.39 is 11.9 Å². The molecule has 4 aliphatic carbocycles. The van der Waals surface area contributed by atoms with Crippen LogP contribution in [-0.2, 0) is 19.0 Å². The van der Waals surface area contributed by atoms with Gasteiger partial charge in [0.2, 0.25) is 0 Å². The highest BCUT2D eigenvalue weighted by Gasteiger charge is 2.67. The lowest BCUT2D eigenvalue weighted by Gasteiger charge is -2.59. The Kier molecular flexibility index (Phi) is 4.29. The second-order valence-corrected chi connectivity index (χ2v) is 10.3. The summed E-state index contributed by atoms with van der Waals surface area (Å²) in [6.07, 6.45) is 8.61. The summed E-state index contributed by atoms with van der Waals surface area (Å²) in [5.41, 5.74) is 1.40. The van der Waals surface area contributed by atoms with Gasteiger partial charge in [-0.2, -0.15) is 0 Å². The Balaban J connectivity index is 1.46. The van der Waals surface area contributed by atoms with Gasteiger partial charge in [-0.05, 0) is 55.3 Å². The van der Waals surface area contributed by atoms with E-state index in [9.17, 15) is 9.90 Å². The molecule has 1 N–H and O–H groups in total. The number of esters is 1. The molecule has 1 spiro atoms. The smallest absolute Gasteiger partial charge is 0.302 e. The van der Waals surface area contributed by atoms with E-state index in [2.05, 4.69) is 19.9 Å². The number of carbonyl (C=O) groups is 1. The van der Waals surface area contributed by atoms with E-state index >= 15 is 0 Å². The lowest BCUT2D eigenvalue weighted by atomic mass is 9.47. The first-order chi connectivity index (χ1) is 13.3. The molecule has 4 fully saturated rings. The standard InChI is InChI=1S/C23H34O5/c1-14(24)28-16-4-7-21(2)15(12-16)13-19(25)20-17(21)5-8-22(3)18(20)6-9-23(22)26-10-11-27-23/h13,16-20,25H,4-12H2,1-3H3/t16-,17?,18?,19?,20?,21-,22-/m0/s1. The Labute approximate surface area is 167 Å². The van der Waals surface area contributed by atoms with Crippen molar-refractivity contribution in [3.8, 4) is 0 Å². The van der Waals surface area contributed by atoms with Crippen molar-refractivity contribution in [3.63, 3.8) is 0 Å². The molecule has 0 amide bonds. The van der Waals surface area contributed by atoms with Crippen LogP contribution >= 0.6 is 0 Å². The van der Waals surface area contributed by atoms with Crippen molar-refractivity contribution in [2.45, 2.75) is 83.7 Å². The molecule has 0 bridgehead atoms. The van der Waals surface area contributed by atoms with E-state index in [1.54, 1.807) is 0 Å². The summed E-state index contributed by atoms with van der Waals surface area (Å²) in [6.45, 7) is 7.61. The van der Waals surface area contributed by atoms with Crippen LogP contribution in [0.2, 0.25) is 0 Å². The Morgan fingerprint density at radius 3 is 2.54 bits per heavy atom. The zero-order valence-corrected chi connectivity index (χ0v) is 17.4. The average molecular weight is 391 g/mol. The molecule has 0 aromatic rings. The van der Waals surface area contributed by atoms with Gasteiger partial charge in [-0.25, -0.2) is 0 Å². The SMILES string of the molecule is CC(=O)O[C@H]1CC[C@@]2(C)C(=CC(O)C3C2CC[C@@]2(C)C3CCC23OCCO3)C1. The summed E-state index contributed by atoms with van der Waals surface area (Å²) in [4.78, 5) is 11.4. The predicted molar refractivity (Wildman–Crippen MR) is 103 cm³/mol. The molecule has 7 atom stereocenters. The fourth-order valence-electron chi connectivity index (χ4n) is 7.84. The minimum Gasteiger partial charge on any atom is -0.462 e. The van der Waals surface area contributed by atoms with Crippen LogP contribution < -0.4 is 0 Å². The van der Waals surface area contributed by atoms with Crippen LogP contribution in [-0.4, -0.2) is 42.3 Å². The lowest BCUT2D eigenvalue weighted by Crippen LogP contribution is -2.58. The maximum Gasteiger partial charge on any atom is 0.302 e. The molecule has 5 rings (SSSR count). The molecule has 1 aliphatic heterocycles. The minimum absolute atomic E-state index is 0.0116. The number of rotatable bonds is 1. The minimum atomic E-state index is -0.430. The van der Waals surface area contributed by atoms with E-state index in [-0.39, 0.29) is 28.8 Å². The van der Waals surface area contributed by atoms with Gasteiger partial charge in [0.25, 0.3) is 0 Å². The summed E-state index contributed by atoms with van der Waals surface area (Å²) in [5.74, 6) is 0.547. The molecular weight excluding hydrogens is 356 g/mol. The van der Waals surface area contributed by atoms with Crippen molar-refractivity contribution >= 4 is 5.97 Å². The number of hydrogen-bond acceptors (Lipinski definition) is 5. The van der Waals surface area contributed by atoms with Crippen molar-refractivity contribution in [2.75, 3.05) is 13.2 Å². The predicted octanol–water partition coefficient (Wildman–Crippen LogP) is 3.59. The van der Waals surface area contributed by atoms with Crippen LogP contribution in [0.15, 0.2) is 11.6 Å². The molecule has 1 heterocycles. The third-order valence-electron chi connectivity index (χ3n) is 9.21. The van der Waals surface area contributed by atoms with Gasteiger partial charge >= 0.3 is 5.97 Å². The fourth-order valence-corrected chi connectivity index (χ4v) is 7.84. The average Bonchev–Trinajstić information content (AvgIpc) is 3.23. The van der Waals surface area contributed by atoms with E-state index in [0.717, 1.165) is 44.9 Å². The summed E-state index contributed by atoms with van der Waals surface area (Å²) < 4.78 is 17.9. The van der Waals surface area contributed by atoms with Gasteiger partial charge in [-0.15, -0.1) is 0 Å². The number of aliphatic hydroxyl groups excluding tert-OH is 1. The van der Waals surface area contributed by atoms with Gasteiger partial charge in [0, 0.05) is 25.2 Å². The Morgan fingerprint density at radius 1 is 1.11 bits per heavy atom. The van der Waals surface area contributed by atoms with Crippen molar-refractivity contribution in [1.82, 2.24) is 0 Å². The first kappa shape index (κ1) is 19.1. The van der Waals surface area contributed by atoms with E-state index in [0.29, 0.717) is 25.0 Å². The second kappa shape index (κ2) is 6.29. The Hall–Kier alpha value is -0.910. The molecule has 0 aromatic heterocycles. The van der Waals surface area contributed by atoms with Gasteiger partial charge in [0.05, 0.1) is 19.3 Å². The van der Waals surface area contributed by atoms with E-state index in [4.69, 9.17) is 14.2 Å². The van der Waals surface area contributed by atoms with Crippen LogP contribution in [0.4, 0.5) is 0 Å². The fraction of sp³-hybridized carbons (Fsp3) is 0.870. The number of hydrogen-bond donors (Lipinski definition) is 1. The molecule has 0 aromatic carbocycles. The third-order valence-corrected chi connectivity index (χ3v) is 9.21. The third kappa shape index (κ3) is 2.45. The molecule has 0 radical (unpaired) electrons. The van der Waals surface area contributed by atoms with Crippen molar-refractivity contribution in [3.05, 3.63) is 11.6 Å². The topological polar surface area (TPSA) is 65.0 Å². The molecule has 4 unspecified atom stereocenters. The van der Waals surface area contributed by atoms with Crippen molar-refractivity contribution < 1.29 is 24.1 Å². The van der Waals surface area contributed by atoms with Crippen LogP contribution in [0.5, 0.6) is 0 Å². The molecule has 28 heavy (non-hydrogen) atoms. The molecule has 1 saturated heterocycles. The quantitative estimate of drug-likeness (QED) is 0.547. The maximum absolute atomic E-state index is 11.4. The number of ether oxygens (including phenoxy) is 3. The molecule has 5 aliphatic rings. The molecule has 5 nitrogen and oxygen atoms in total. The zero-order chi connectivity index (χ0) is 19.7. The monoisotopic (exact) mass is 390 g/mol. The first-order valence-corrected chi connectivity index (χ1v) is 11.1. The normalized spacial score (nSPS) is 49.1. The van der Waals surface area contributed by atoms with Gasteiger partial charge in [-0.3, -0.25) is 4.79 Å². The van der Waals surface area contributed by atoms with Gasteiger partial charge in [0.15, 0.2) is 5.79 Å². The summed E-state index contributed by atoms with van der Waals surface area (Å²) in [7, 11) is 0. The number of aliphatic hydroxyl groups is 1. The van der Waals surface area contributed by atoms with Crippen molar-refractivity contribution in [1.29, 1.82) is 0 Å². The highest BCUT2D eigenvalue weighted by molar-refractivity contribution is 5.66. The molecular formula is C23H34O5. The largest absolute Gasteiger partial charge is 0.462 e. The number of fused-ring (bicyclic) bond motifs is 6. The van der Waals surface area contributed by atoms with E-state index in [1.807, 2.05) is 0 Å². The van der Waals surface area contributed by atoms with Crippen LogP contribution in [0.3, 0.4) is 0 Å². The highest BCUT2D eigenvalue weighted by atomic mass is 16.7. The van der Waals surface area contributed by atoms with Gasteiger partial charge < -0.3 is 19.3 Å². The maximum atomic E-state index is 11.4. The zero-order valence-electron chi connectivity index (χ0n) is 17.4. The van der Waals surface area contributed by atoms with Crippen LogP contribution in [0.25, 0.3) is 0 Å². The molecule has 3 saturated carbocycles. The summed E-state index contributed by atoms with van der Waals surface area (Å²) >= 11 is 0. The van der Waals surface area contributed by atoms with Crippen LogP contribution in [0, 0.1) is 28.6 Å². The summed E-state index contributed by atoms with van der Waals surface area (Å²) in [5, 5.41) is 11.3. The van der Waals surface area contributed by atoms with Crippen molar-refractivity contribution in [2.24, 2.45) is 28.6 Å². The Bertz CT molecular complexity index is 695. The molecule has 5 heteroatoms. The lowest BCUT2D eigenvalue weighted by molar-refractivity contribution is -0.246. The Morgan fingerprint density at radius 2 is 1.82 bits per heavy atom. The second-order valence-electron chi connectivity index (χ2n) is 10.3. The van der Waals surface area contributed by atoms with Crippen LogP contribution in [0.1, 0.15) is 65.7 Å².